The van der Waals surface area contributed by atoms with Gasteiger partial charge in [-0.2, -0.15) is 0 Å². The van der Waals surface area contributed by atoms with Gasteiger partial charge in [0.25, 0.3) is 5.56 Å². The lowest BCUT2D eigenvalue weighted by Gasteiger charge is -2.19. The molecule has 3 N–H and O–H groups in total. The maximum Gasteiger partial charge on any atom is 0.341 e. The minimum absolute atomic E-state index is 0.0865. The van der Waals surface area contributed by atoms with Crippen LogP contribution in [0.1, 0.15) is 35.7 Å². The fourth-order valence-electron chi connectivity index (χ4n) is 4.41. The summed E-state index contributed by atoms with van der Waals surface area (Å²) >= 11 is 2.03. The average Bonchev–Trinajstić information content (AvgIpc) is 3.63. The number of anilines is 2. The standard InChI is InChI=1S/C26H23FIN3O3/c1-13-23(30-20-9-6-17(28)11-19(20)27)22-24(34-26(13)33)21(16-5-3-4-15(10-16)12-29)14(2)31(25(22)32)18-7-8-18/h3-6,9-11,18,30H,7-8,12,29H2,1-2H3. The van der Waals surface area contributed by atoms with E-state index in [1.165, 1.54) is 6.07 Å². The average molecular weight is 571 g/mol. The molecule has 0 saturated heterocycles. The summed E-state index contributed by atoms with van der Waals surface area (Å²) in [7, 11) is 0. The van der Waals surface area contributed by atoms with Crippen LogP contribution in [-0.4, -0.2) is 4.57 Å². The van der Waals surface area contributed by atoms with Crippen LogP contribution in [0.3, 0.4) is 0 Å². The first-order chi connectivity index (χ1) is 16.3. The number of hydrogen-bond donors (Lipinski definition) is 2. The van der Waals surface area contributed by atoms with Crippen LogP contribution in [-0.2, 0) is 6.54 Å². The molecular formula is C26H23FIN3O3. The third-order valence-corrected chi connectivity index (χ3v) is 6.96. The fraction of sp³-hybridized carbons (Fsp3) is 0.231. The summed E-state index contributed by atoms with van der Waals surface area (Å²) < 4.78 is 23.0. The van der Waals surface area contributed by atoms with E-state index in [9.17, 15) is 14.0 Å². The van der Waals surface area contributed by atoms with Gasteiger partial charge >= 0.3 is 5.63 Å². The van der Waals surface area contributed by atoms with Gasteiger partial charge < -0.3 is 20.0 Å². The molecular weight excluding hydrogens is 548 g/mol. The molecule has 6 nitrogen and oxygen atoms in total. The zero-order valence-electron chi connectivity index (χ0n) is 18.7. The van der Waals surface area contributed by atoms with Crippen LogP contribution >= 0.6 is 22.6 Å². The van der Waals surface area contributed by atoms with E-state index in [0.29, 0.717) is 12.1 Å². The van der Waals surface area contributed by atoms with E-state index < -0.39 is 11.4 Å². The van der Waals surface area contributed by atoms with E-state index in [2.05, 4.69) is 5.32 Å². The Bertz CT molecular complexity index is 1570. The molecule has 2 aromatic heterocycles. The van der Waals surface area contributed by atoms with Gasteiger partial charge in [0.05, 0.1) is 16.9 Å². The quantitative estimate of drug-likeness (QED) is 0.308. The number of nitrogens with one attached hydrogen (secondary N) is 1. The highest BCUT2D eigenvalue weighted by Gasteiger charge is 2.31. The van der Waals surface area contributed by atoms with Gasteiger partial charge in [0.2, 0.25) is 0 Å². The summed E-state index contributed by atoms with van der Waals surface area (Å²) in [5, 5.41) is 3.26. The van der Waals surface area contributed by atoms with Crippen molar-refractivity contribution in [2.75, 3.05) is 5.32 Å². The molecule has 0 aliphatic heterocycles. The summed E-state index contributed by atoms with van der Waals surface area (Å²) in [6.07, 6.45) is 1.80. The molecule has 1 fully saturated rings. The van der Waals surface area contributed by atoms with E-state index in [-0.39, 0.29) is 39.5 Å². The predicted molar refractivity (Wildman–Crippen MR) is 140 cm³/mol. The van der Waals surface area contributed by atoms with Crippen LogP contribution < -0.4 is 22.2 Å². The highest BCUT2D eigenvalue weighted by atomic mass is 127. The Morgan fingerprint density at radius 3 is 2.62 bits per heavy atom. The molecule has 34 heavy (non-hydrogen) atoms. The largest absolute Gasteiger partial charge is 0.421 e. The second kappa shape index (κ2) is 8.66. The highest BCUT2D eigenvalue weighted by Crippen LogP contribution is 2.40. The van der Waals surface area contributed by atoms with Crippen molar-refractivity contribution in [1.82, 2.24) is 4.57 Å². The molecule has 1 saturated carbocycles. The van der Waals surface area contributed by atoms with Crippen molar-refractivity contribution >= 4 is 44.9 Å². The molecule has 1 aliphatic carbocycles. The summed E-state index contributed by atoms with van der Waals surface area (Å²) in [5.41, 5.74) is 9.00. The Balaban J connectivity index is 1.88. The maximum atomic E-state index is 14.7. The van der Waals surface area contributed by atoms with Crippen molar-refractivity contribution in [3.8, 4) is 11.1 Å². The van der Waals surface area contributed by atoms with Crippen LogP contribution in [0.5, 0.6) is 0 Å². The Kier molecular flexibility index (Phi) is 5.81. The van der Waals surface area contributed by atoms with Crippen molar-refractivity contribution in [2.24, 2.45) is 5.73 Å². The number of rotatable bonds is 5. The first kappa shape index (κ1) is 22.8. The van der Waals surface area contributed by atoms with Crippen molar-refractivity contribution in [3.63, 3.8) is 0 Å². The van der Waals surface area contributed by atoms with Crippen molar-refractivity contribution in [1.29, 1.82) is 0 Å². The Morgan fingerprint density at radius 2 is 1.94 bits per heavy atom. The van der Waals surface area contributed by atoms with E-state index in [1.807, 2.05) is 53.8 Å². The summed E-state index contributed by atoms with van der Waals surface area (Å²) in [5.74, 6) is -0.474. The number of nitrogens with two attached hydrogens (primary N) is 1. The van der Waals surface area contributed by atoms with E-state index in [1.54, 1.807) is 23.6 Å². The van der Waals surface area contributed by atoms with Crippen LogP contribution in [0.4, 0.5) is 15.8 Å². The number of benzene rings is 2. The second-order valence-corrected chi connectivity index (χ2v) is 9.86. The van der Waals surface area contributed by atoms with Crippen LogP contribution in [0.25, 0.3) is 22.1 Å². The smallest absolute Gasteiger partial charge is 0.341 e. The Morgan fingerprint density at radius 1 is 1.18 bits per heavy atom. The number of fused-ring (bicyclic) bond motifs is 1. The van der Waals surface area contributed by atoms with Crippen molar-refractivity contribution in [3.05, 3.63) is 89.4 Å². The lowest BCUT2D eigenvalue weighted by Crippen LogP contribution is -2.25. The summed E-state index contributed by atoms with van der Waals surface area (Å²) in [6.45, 7) is 3.80. The zero-order chi connectivity index (χ0) is 24.1. The summed E-state index contributed by atoms with van der Waals surface area (Å²) in [4.78, 5) is 26.7. The lowest BCUT2D eigenvalue weighted by molar-refractivity contribution is 0.553. The van der Waals surface area contributed by atoms with Gasteiger partial charge in [0, 0.05) is 27.4 Å². The zero-order valence-corrected chi connectivity index (χ0v) is 20.9. The molecule has 0 radical (unpaired) electrons. The van der Waals surface area contributed by atoms with Gasteiger partial charge in [0.1, 0.15) is 11.2 Å². The molecule has 0 unspecified atom stereocenters. The highest BCUT2D eigenvalue weighted by molar-refractivity contribution is 14.1. The number of hydrogen-bond acceptors (Lipinski definition) is 5. The third kappa shape index (κ3) is 3.84. The minimum atomic E-state index is -0.583. The predicted octanol–water partition coefficient (Wildman–Crippen LogP) is 5.52. The number of aromatic nitrogens is 1. The normalized spacial score (nSPS) is 13.4. The van der Waals surface area contributed by atoms with Gasteiger partial charge in [0.15, 0.2) is 5.58 Å². The van der Waals surface area contributed by atoms with Gasteiger partial charge in [-0.15, -0.1) is 0 Å². The van der Waals surface area contributed by atoms with Crippen LogP contribution in [0, 0.1) is 23.2 Å². The van der Waals surface area contributed by atoms with Crippen LogP contribution in [0.15, 0.2) is 56.5 Å². The first-order valence-corrected chi connectivity index (χ1v) is 12.1. The molecule has 5 rings (SSSR count). The van der Waals surface area contributed by atoms with E-state index in [0.717, 1.165) is 33.2 Å². The molecule has 0 amide bonds. The number of halogens is 2. The Hall–Kier alpha value is -2.98. The van der Waals surface area contributed by atoms with Crippen molar-refractivity contribution in [2.45, 2.75) is 39.3 Å². The van der Waals surface area contributed by atoms with Crippen LogP contribution in [0.2, 0.25) is 0 Å². The van der Waals surface area contributed by atoms with Gasteiger partial charge in [-0.25, -0.2) is 9.18 Å². The molecule has 0 spiro atoms. The first-order valence-electron chi connectivity index (χ1n) is 11.0. The second-order valence-electron chi connectivity index (χ2n) is 8.61. The Labute approximate surface area is 208 Å². The molecule has 2 aromatic carbocycles. The molecule has 1 aliphatic rings. The molecule has 8 heteroatoms. The van der Waals surface area contributed by atoms with E-state index in [4.69, 9.17) is 10.2 Å². The molecule has 0 atom stereocenters. The maximum absolute atomic E-state index is 14.7. The lowest BCUT2D eigenvalue weighted by atomic mass is 9.98. The van der Waals surface area contributed by atoms with Crippen molar-refractivity contribution < 1.29 is 8.81 Å². The molecule has 2 heterocycles. The fourth-order valence-corrected chi connectivity index (χ4v) is 4.86. The van der Waals surface area contributed by atoms with Gasteiger partial charge in [-0.05, 0) is 84.7 Å². The summed E-state index contributed by atoms with van der Waals surface area (Å²) in [6, 6.07) is 12.5. The SMILES string of the molecule is Cc1c(Nc2ccc(I)cc2F)c2c(=O)n(C3CC3)c(C)c(-c3cccc(CN)c3)c2oc1=O. The molecule has 4 aromatic rings. The monoisotopic (exact) mass is 571 g/mol. The minimum Gasteiger partial charge on any atom is -0.421 e. The third-order valence-electron chi connectivity index (χ3n) is 6.29. The molecule has 0 bridgehead atoms. The number of pyridine rings is 1. The number of nitrogens with zero attached hydrogens (tertiary/aromatic N) is 1. The van der Waals surface area contributed by atoms with Gasteiger partial charge in [-0.1, -0.05) is 18.2 Å². The molecule has 174 valence electrons. The van der Waals surface area contributed by atoms with E-state index >= 15 is 0 Å². The van der Waals surface area contributed by atoms with Gasteiger partial charge in [-0.3, -0.25) is 4.79 Å². The topological polar surface area (TPSA) is 90.3 Å².